The molecule has 21 heavy (non-hydrogen) atoms. The molecule has 100 valence electrons. The summed E-state index contributed by atoms with van der Waals surface area (Å²) in [6.45, 7) is 0. The molecule has 0 radical (unpaired) electrons. The fraction of sp³-hybridized carbons (Fsp3) is 0. The van der Waals surface area contributed by atoms with Crippen molar-refractivity contribution in [2.45, 2.75) is 0 Å². The van der Waals surface area contributed by atoms with Crippen LogP contribution in [0.25, 0.3) is 0 Å². The molecule has 0 amide bonds. The fourth-order valence-corrected chi connectivity index (χ4v) is 1.72. The van der Waals surface area contributed by atoms with Gasteiger partial charge in [-0.3, -0.25) is 4.79 Å². The van der Waals surface area contributed by atoms with Gasteiger partial charge in [-0.15, -0.1) is 0 Å². The lowest BCUT2D eigenvalue weighted by atomic mass is 10.0. The van der Waals surface area contributed by atoms with Crippen LogP contribution >= 0.6 is 0 Å². The third-order valence-electron chi connectivity index (χ3n) is 2.81. The predicted octanol–water partition coefficient (Wildman–Crippen LogP) is 3.26. The summed E-state index contributed by atoms with van der Waals surface area (Å²) in [6.07, 6.45) is 1.33. The van der Waals surface area contributed by atoms with Crippen LogP contribution in [-0.4, -0.2) is 5.78 Å². The summed E-state index contributed by atoms with van der Waals surface area (Å²) < 4.78 is 0. The highest BCUT2D eigenvalue weighted by molar-refractivity contribution is 6.09. The first-order chi connectivity index (χ1) is 10.2. The molecule has 0 aliphatic heterocycles. The molecular formula is C17H11N3O. The van der Waals surface area contributed by atoms with Gasteiger partial charge in [0.15, 0.2) is 5.78 Å². The molecule has 0 aliphatic carbocycles. The van der Waals surface area contributed by atoms with Crippen LogP contribution in [0.15, 0.2) is 66.4 Å². The molecule has 0 aromatic heterocycles. The maximum absolute atomic E-state index is 12.2. The van der Waals surface area contributed by atoms with E-state index in [1.807, 2.05) is 18.2 Å². The molecule has 4 heteroatoms. The van der Waals surface area contributed by atoms with Gasteiger partial charge >= 0.3 is 0 Å². The topological polar surface area (TPSA) is 76.7 Å². The lowest BCUT2D eigenvalue weighted by Gasteiger charge is -2.04. The Morgan fingerprint density at radius 3 is 2.05 bits per heavy atom. The number of nitriles is 2. The van der Waals surface area contributed by atoms with Crippen LogP contribution in [0.2, 0.25) is 0 Å². The lowest BCUT2D eigenvalue weighted by Crippen LogP contribution is -2.01. The van der Waals surface area contributed by atoms with Crippen molar-refractivity contribution >= 4 is 11.5 Å². The van der Waals surface area contributed by atoms with Gasteiger partial charge in [0.25, 0.3) is 0 Å². The number of carbonyl (C=O) groups excluding carboxylic acids is 1. The zero-order chi connectivity index (χ0) is 15.1. The van der Waals surface area contributed by atoms with Crippen molar-refractivity contribution in [1.29, 1.82) is 10.5 Å². The molecule has 2 aromatic carbocycles. The van der Waals surface area contributed by atoms with Crippen molar-refractivity contribution in [2.75, 3.05) is 5.32 Å². The van der Waals surface area contributed by atoms with Gasteiger partial charge in [-0.25, -0.2) is 0 Å². The molecule has 0 aliphatic rings. The highest BCUT2D eigenvalue weighted by Gasteiger charge is 2.07. The van der Waals surface area contributed by atoms with E-state index in [0.29, 0.717) is 16.8 Å². The van der Waals surface area contributed by atoms with Crippen LogP contribution in [0.3, 0.4) is 0 Å². The van der Waals surface area contributed by atoms with Gasteiger partial charge in [-0.05, 0) is 24.3 Å². The van der Waals surface area contributed by atoms with Gasteiger partial charge in [-0.2, -0.15) is 10.5 Å². The second-order valence-corrected chi connectivity index (χ2v) is 4.20. The van der Waals surface area contributed by atoms with Gasteiger partial charge in [-0.1, -0.05) is 30.3 Å². The first-order valence-corrected chi connectivity index (χ1v) is 6.21. The summed E-state index contributed by atoms with van der Waals surface area (Å²) in [4.78, 5) is 12.2. The zero-order valence-corrected chi connectivity index (χ0v) is 11.1. The van der Waals surface area contributed by atoms with Crippen molar-refractivity contribution in [2.24, 2.45) is 0 Å². The number of allylic oxidation sites excluding steroid dienone is 1. The summed E-state index contributed by atoms with van der Waals surface area (Å²) in [6, 6.07) is 19.4. The number of carbonyl (C=O) groups is 1. The van der Waals surface area contributed by atoms with Crippen molar-refractivity contribution < 1.29 is 4.79 Å². The average molecular weight is 273 g/mol. The molecule has 0 saturated carbocycles. The molecule has 0 saturated heterocycles. The van der Waals surface area contributed by atoms with Crippen molar-refractivity contribution in [1.82, 2.24) is 0 Å². The molecule has 4 nitrogen and oxygen atoms in total. The first-order valence-electron chi connectivity index (χ1n) is 6.21. The number of ketones is 1. The summed E-state index contributed by atoms with van der Waals surface area (Å²) >= 11 is 0. The maximum Gasteiger partial charge on any atom is 0.193 e. The Bertz CT molecular complexity index is 731. The standard InChI is InChI=1S/C17H11N3O/c18-10-13(11-19)12-20-16-8-6-15(7-9-16)17(21)14-4-2-1-3-5-14/h1-9,12,20H. The molecule has 2 aromatic rings. The Morgan fingerprint density at radius 1 is 0.905 bits per heavy atom. The van der Waals surface area contributed by atoms with Crippen LogP contribution < -0.4 is 5.32 Å². The van der Waals surface area contributed by atoms with Crippen molar-refractivity contribution in [3.8, 4) is 12.1 Å². The Morgan fingerprint density at radius 2 is 1.48 bits per heavy atom. The Balaban J connectivity index is 2.13. The summed E-state index contributed by atoms with van der Waals surface area (Å²) in [5, 5.41) is 20.1. The molecule has 1 N–H and O–H groups in total. The minimum absolute atomic E-state index is 0.0144. The predicted molar refractivity (Wildman–Crippen MR) is 79.2 cm³/mol. The number of nitrogens with zero attached hydrogens (tertiary/aromatic N) is 2. The average Bonchev–Trinajstić information content (AvgIpc) is 2.56. The molecule has 0 unspecified atom stereocenters. The minimum atomic E-state index is -0.0487. The van der Waals surface area contributed by atoms with Crippen LogP contribution in [0.1, 0.15) is 15.9 Å². The Kier molecular flexibility index (Phi) is 4.48. The van der Waals surface area contributed by atoms with E-state index in [1.165, 1.54) is 6.20 Å². The summed E-state index contributed by atoms with van der Waals surface area (Å²) in [7, 11) is 0. The molecule has 0 atom stereocenters. The number of benzene rings is 2. The van der Waals surface area contributed by atoms with Gasteiger partial charge in [0.2, 0.25) is 0 Å². The quantitative estimate of drug-likeness (QED) is 0.685. The van der Waals surface area contributed by atoms with E-state index in [2.05, 4.69) is 5.32 Å². The monoisotopic (exact) mass is 273 g/mol. The number of anilines is 1. The van der Waals surface area contributed by atoms with Crippen LogP contribution in [0.5, 0.6) is 0 Å². The Hall–Kier alpha value is -3.37. The third kappa shape index (κ3) is 3.56. The minimum Gasteiger partial charge on any atom is -0.360 e. The van der Waals surface area contributed by atoms with E-state index >= 15 is 0 Å². The number of hydrogen-bond acceptors (Lipinski definition) is 4. The number of nitrogens with one attached hydrogen (secondary N) is 1. The van der Waals surface area contributed by atoms with E-state index < -0.39 is 0 Å². The highest BCUT2D eigenvalue weighted by Crippen LogP contribution is 2.14. The van der Waals surface area contributed by atoms with Crippen LogP contribution in [0, 0.1) is 22.7 Å². The smallest absolute Gasteiger partial charge is 0.193 e. The molecular weight excluding hydrogens is 262 g/mol. The van der Waals surface area contributed by atoms with Crippen LogP contribution in [0.4, 0.5) is 5.69 Å². The zero-order valence-electron chi connectivity index (χ0n) is 11.1. The fourth-order valence-electron chi connectivity index (χ4n) is 1.72. The third-order valence-corrected chi connectivity index (χ3v) is 2.81. The number of hydrogen-bond donors (Lipinski definition) is 1. The van der Waals surface area contributed by atoms with Gasteiger partial charge in [0, 0.05) is 23.0 Å². The molecule has 0 fully saturated rings. The molecule has 0 heterocycles. The second-order valence-electron chi connectivity index (χ2n) is 4.20. The van der Waals surface area contributed by atoms with Gasteiger partial charge < -0.3 is 5.32 Å². The summed E-state index contributed by atoms with van der Waals surface area (Å²) in [5.41, 5.74) is 1.90. The van der Waals surface area contributed by atoms with E-state index in [-0.39, 0.29) is 11.4 Å². The van der Waals surface area contributed by atoms with Gasteiger partial charge in [0.05, 0.1) is 0 Å². The SMILES string of the molecule is N#CC(C#N)=CNc1ccc(C(=O)c2ccccc2)cc1. The maximum atomic E-state index is 12.2. The summed E-state index contributed by atoms with van der Waals surface area (Å²) in [5.74, 6) is -0.0487. The van der Waals surface area contributed by atoms with Gasteiger partial charge in [0.1, 0.15) is 17.7 Å². The van der Waals surface area contributed by atoms with Crippen LogP contribution in [-0.2, 0) is 0 Å². The van der Waals surface area contributed by atoms with Crippen molar-refractivity contribution in [3.63, 3.8) is 0 Å². The van der Waals surface area contributed by atoms with E-state index in [4.69, 9.17) is 10.5 Å². The second kappa shape index (κ2) is 6.70. The first kappa shape index (κ1) is 14.0. The molecule has 0 bridgehead atoms. The molecule has 2 rings (SSSR count). The normalized spacial score (nSPS) is 9.05. The lowest BCUT2D eigenvalue weighted by molar-refractivity contribution is 0.103. The number of rotatable bonds is 4. The van der Waals surface area contributed by atoms with E-state index in [1.54, 1.807) is 48.5 Å². The Labute approximate surface area is 122 Å². The van der Waals surface area contributed by atoms with E-state index in [9.17, 15) is 4.79 Å². The highest BCUT2D eigenvalue weighted by atomic mass is 16.1. The molecule has 0 spiro atoms. The largest absolute Gasteiger partial charge is 0.360 e. The van der Waals surface area contributed by atoms with E-state index in [0.717, 1.165) is 0 Å². The van der Waals surface area contributed by atoms with Crippen molar-refractivity contribution in [3.05, 3.63) is 77.5 Å².